The second kappa shape index (κ2) is 8.95. The molecule has 1 aliphatic rings. The maximum Gasteiger partial charge on any atom is 0.0654 e. The molecule has 1 atom stereocenters. The number of pyridine rings is 1. The topological polar surface area (TPSA) is 49.3 Å². The molecule has 4 nitrogen and oxygen atoms in total. The Morgan fingerprint density at radius 2 is 2.15 bits per heavy atom. The molecule has 0 fully saturated rings. The molecule has 2 N–H and O–H groups in total. The van der Waals surface area contributed by atoms with Crippen molar-refractivity contribution in [1.82, 2.24) is 15.6 Å². The van der Waals surface area contributed by atoms with Crippen molar-refractivity contribution in [3.63, 3.8) is 0 Å². The molecule has 0 radical (unpaired) electrons. The van der Waals surface area contributed by atoms with Gasteiger partial charge in [0, 0.05) is 29.4 Å². The SMILES string of the molecule is C=CC1=C(C=NCc2cnc(CCC(C)(C)C)c(C)c2)C(NC)C=CN1. The molecule has 2 rings (SSSR count). The van der Waals surface area contributed by atoms with Crippen LogP contribution < -0.4 is 10.6 Å². The van der Waals surface area contributed by atoms with Crippen molar-refractivity contribution in [2.24, 2.45) is 10.4 Å². The van der Waals surface area contributed by atoms with Crippen molar-refractivity contribution >= 4 is 6.21 Å². The zero-order chi connectivity index (χ0) is 19.2. The lowest BCUT2D eigenvalue weighted by Gasteiger charge is -2.21. The highest BCUT2D eigenvalue weighted by Gasteiger charge is 2.14. The number of aryl methyl sites for hydroxylation is 2. The lowest BCUT2D eigenvalue weighted by atomic mass is 9.89. The van der Waals surface area contributed by atoms with Crippen molar-refractivity contribution in [3.8, 4) is 0 Å². The van der Waals surface area contributed by atoms with Gasteiger partial charge in [0.1, 0.15) is 0 Å². The summed E-state index contributed by atoms with van der Waals surface area (Å²) in [6.07, 6.45) is 11.9. The minimum absolute atomic E-state index is 0.146. The van der Waals surface area contributed by atoms with Crippen molar-refractivity contribution in [2.45, 2.75) is 53.1 Å². The van der Waals surface area contributed by atoms with Crippen molar-refractivity contribution in [1.29, 1.82) is 0 Å². The molecule has 1 aromatic heterocycles. The van der Waals surface area contributed by atoms with Gasteiger partial charge in [0.15, 0.2) is 0 Å². The third kappa shape index (κ3) is 5.67. The van der Waals surface area contributed by atoms with E-state index >= 15 is 0 Å². The number of nitrogens with one attached hydrogen (secondary N) is 2. The first-order chi connectivity index (χ1) is 12.3. The summed E-state index contributed by atoms with van der Waals surface area (Å²) >= 11 is 0. The first kappa shape index (κ1) is 20.1. The largest absolute Gasteiger partial charge is 0.362 e. The zero-order valence-electron chi connectivity index (χ0n) is 16.8. The minimum atomic E-state index is 0.146. The summed E-state index contributed by atoms with van der Waals surface area (Å²) in [5.74, 6) is 0. The first-order valence-corrected chi connectivity index (χ1v) is 9.25. The summed E-state index contributed by atoms with van der Waals surface area (Å²) < 4.78 is 0. The van der Waals surface area contributed by atoms with Gasteiger partial charge in [-0.2, -0.15) is 0 Å². The van der Waals surface area contributed by atoms with Crippen molar-refractivity contribution < 1.29 is 0 Å². The van der Waals surface area contributed by atoms with Gasteiger partial charge in [0.2, 0.25) is 0 Å². The number of dihydropyridines is 1. The highest BCUT2D eigenvalue weighted by Crippen LogP contribution is 2.22. The van der Waals surface area contributed by atoms with Gasteiger partial charge in [0.05, 0.1) is 12.6 Å². The van der Waals surface area contributed by atoms with Gasteiger partial charge in [-0.15, -0.1) is 0 Å². The Morgan fingerprint density at radius 1 is 1.38 bits per heavy atom. The zero-order valence-corrected chi connectivity index (χ0v) is 16.8. The number of likely N-dealkylation sites (N-methyl/N-ethyl adjacent to an activating group) is 1. The standard InChI is InChI=1S/C22H32N4/c1-7-19-18(21(23-6)9-11-25-19)15-24-13-17-12-16(2)20(26-14-17)8-10-22(3,4)5/h7,9,11-12,14-15,21,23,25H,1,8,10,13H2,2-6H3. The Labute approximate surface area is 158 Å². The van der Waals surface area contributed by atoms with E-state index in [4.69, 9.17) is 0 Å². The van der Waals surface area contributed by atoms with Gasteiger partial charge in [-0.05, 0) is 61.7 Å². The lowest BCUT2D eigenvalue weighted by Crippen LogP contribution is -2.32. The number of hydrogen-bond acceptors (Lipinski definition) is 4. The minimum Gasteiger partial charge on any atom is -0.362 e. The Kier molecular flexibility index (Phi) is 6.92. The second-order valence-corrected chi connectivity index (χ2v) is 7.98. The summed E-state index contributed by atoms with van der Waals surface area (Å²) in [6.45, 7) is 13.4. The third-order valence-electron chi connectivity index (χ3n) is 4.55. The maximum atomic E-state index is 4.67. The van der Waals surface area contributed by atoms with Crippen LogP contribution in [-0.4, -0.2) is 24.3 Å². The van der Waals surface area contributed by atoms with E-state index in [1.807, 2.05) is 31.7 Å². The normalized spacial score (nSPS) is 17.7. The van der Waals surface area contributed by atoms with Gasteiger partial charge in [-0.3, -0.25) is 9.98 Å². The average Bonchev–Trinajstić information content (AvgIpc) is 2.60. The van der Waals surface area contributed by atoms with E-state index < -0.39 is 0 Å². The molecule has 140 valence electrons. The van der Waals surface area contributed by atoms with Crippen LogP contribution in [0.2, 0.25) is 0 Å². The van der Waals surface area contributed by atoms with Crippen LogP contribution in [0, 0.1) is 12.3 Å². The number of aromatic nitrogens is 1. The Balaban J connectivity index is 2.05. The van der Waals surface area contributed by atoms with E-state index in [1.165, 1.54) is 11.3 Å². The maximum absolute atomic E-state index is 4.67. The molecular weight excluding hydrogens is 320 g/mol. The molecule has 0 spiro atoms. The smallest absolute Gasteiger partial charge is 0.0654 e. The van der Waals surface area contributed by atoms with Gasteiger partial charge < -0.3 is 10.6 Å². The van der Waals surface area contributed by atoms with E-state index in [1.54, 1.807) is 0 Å². The number of allylic oxidation sites excluding steroid dienone is 1. The highest BCUT2D eigenvalue weighted by atomic mass is 14.9. The fourth-order valence-electron chi connectivity index (χ4n) is 2.92. The Morgan fingerprint density at radius 3 is 2.77 bits per heavy atom. The fourth-order valence-corrected chi connectivity index (χ4v) is 2.92. The molecule has 1 aromatic rings. The number of rotatable bonds is 7. The highest BCUT2D eigenvalue weighted by molar-refractivity contribution is 5.83. The second-order valence-electron chi connectivity index (χ2n) is 7.98. The Hall–Kier alpha value is -2.20. The molecule has 0 saturated heterocycles. The molecule has 0 bridgehead atoms. The monoisotopic (exact) mass is 352 g/mol. The number of aliphatic imine (C=N–C) groups is 1. The van der Waals surface area contributed by atoms with E-state index in [2.05, 4.69) is 67.0 Å². The first-order valence-electron chi connectivity index (χ1n) is 9.25. The molecule has 1 unspecified atom stereocenters. The summed E-state index contributed by atoms with van der Waals surface area (Å²) in [4.78, 5) is 9.30. The predicted octanol–water partition coefficient (Wildman–Crippen LogP) is 4.08. The van der Waals surface area contributed by atoms with E-state index in [9.17, 15) is 0 Å². The summed E-state index contributed by atoms with van der Waals surface area (Å²) in [5.41, 5.74) is 6.00. The quantitative estimate of drug-likeness (QED) is 0.727. The number of hydrogen-bond donors (Lipinski definition) is 2. The molecule has 0 aromatic carbocycles. The van der Waals surface area contributed by atoms with Crippen LogP contribution in [0.4, 0.5) is 0 Å². The molecule has 2 heterocycles. The molecule has 4 heteroatoms. The van der Waals surface area contributed by atoms with Crippen LogP contribution in [0.25, 0.3) is 0 Å². The van der Waals surface area contributed by atoms with Crippen molar-refractivity contribution in [2.75, 3.05) is 7.05 Å². The molecular formula is C22H32N4. The Bertz CT molecular complexity index is 720. The molecule has 26 heavy (non-hydrogen) atoms. The van der Waals surface area contributed by atoms with Crippen LogP contribution in [-0.2, 0) is 13.0 Å². The van der Waals surface area contributed by atoms with Gasteiger partial charge in [0.25, 0.3) is 0 Å². The van der Waals surface area contributed by atoms with Gasteiger partial charge in [-0.1, -0.05) is 33.4 Å². The molecule has 1 aliphatic heterocycles. The molecule has 0 aliphatic carbocycles. The third-order valence-corrected chi connectivity index (χ3v) is 4.55. The van der Waals surface area contributed by atoms with Gasteiger partial charge >= 0.3 is 0 Å². The summed E-state index contributed by atoms with van der Waals surface area (Å²) in [5, 5.41) is 6.49. The van der Waals surface area contributed by atoms with E-state index in [-0.39, 0.29) is 6.04 Å². The lowest BCUT2D eigenvalue weighted by molar-refractivity contribution is 0.376. The average molecular weight is 353 g/mol. The van der Waals surface area contributed by atoms with Crippen molar-refractivity contribution in [3.05, 3.63) is 65.3 Å². The van der Waals surface area contributed by atoms with Crippen LogP contribution in [0.1, 0.15) is 44.0 Å². The summed E-state index contributed by atoms with van der Waals surface area (Å²) in [7, 11) is 1.94. The van der Waals surface area contributed by atoms with E-state index in [0.717, 1.165) is 29.7 Å². The number of nitrogens with zero attached hydrogens (tertiary/aromatic N) is 2. The van der Waals surface area contributed by atoms with E-state index in [0.29, 0.717) is 12.0 Å². The van der Waals surface area contributed by atoms with Crippen LogP contribution in [0.15, 0.2) is 53.5 Å². The van der Waals surface area contributed by atoms with Crippen LogP contribution in [0.5, 0.6) is 0 Å². The van der Waals surface area contributed by atoms with Crippen LogP contribution >= 0.6 is 0 Å². The van der Waals surface area contributed by atoms with Crippen LogP contribution in [0.3, 0.4) is 0 Å². The molecule has 0 amide bonds. The fraction of sp³-hybridized carbons (Fsp3) is 0.455. The van der Waals surface area contributed by atoms with Gasteiger partial charge in [-0.25, -0.2) is 0 Å². The summed E-state index contributed by atoms with van der Waals surface area (Å²) in [6, 6.07) is 2.35. The predicted molar refractivity (Wildman–Crippen MR) is 111 cm³/mol. The molecule has 0 saturated carbocycles.